The number of benzene rings is 2. The van der Waals surface area contributed by atoms with Gasteiger partial charge in [0.15, 0.2) is 0 Å². The molecule has 0 heterocycles. The Balaban J connectivity index is 2.28. The number of nitrogens with zero attached hydrogens (tertiary/aromatic N) is 2. The number of rotatable bonds is 13. The molecule has 2 amide bonds. The van der Waals surface area contributed by atoms with Gasteiger partial charge in [-0.2, -0.15) is 0 Å². The number of aryl methyl sites for hydroxylation is 2. The minimum absolute atomic E-state index is 0.0282. The first-order chi connectivity index (χ1) is 17.8. The molecule has 2 atom stereocenters. The van der Waals surface area contributed by atoms with Crippen molar-refractivity contribution in [2.75, 3.05) is 17.1 Å². The van der Waals surface area contributed by atoms with E-state index in [0.717, 1.165) is 29.4 Å². The lowest BCUT2D eigenvalue weighted by Gasteiger charge is -2.32. The van der Waals surface area contributed by atoms with Gasteiger partial charge in [0, 0.05) is 25.6 Å². The summed E-state index contributed by atoms with van der Waals surface area (Å²) >= 11 is 12.3. The summed E-state index contributed by atoms with van der Waals surface area (Å²) in [5.74, 6) is -0.459. The first-order valence-corrected chi connectivity index (χ1v) is 15.5. The molecule has 0 aliphatic heterocycles. The zero-order chi connectivity index (χ0) is 28.6. The fourth-order valence-electron chi connectivity index (χ4n) is 4.29. The van der Waals surface area contributed by atoms with Crippen molar-refractivity contribution in [2.45, 2.75) is 78.9 Å². The van der Waals surface area contributed by atoms with Crippen LogP contribution in [0.5, 0.6) is 0 Å². The van der Waals surface area contributed by atoms with Gasteiger partial charge in [0.25, 0.3) is 0 Å². The van der Waals surface area contributed by atoms with E-state index in [-0.39, 0.29) is 37.4 Å². The normalized spacial score (nSPS) is 13.1. The summed E-state index contributed by atoms with van der Waals surface area (Å²) in [4.78, 5) is 28.2. The van der Waals surface area contributed by atoms with E-state index in [1.54, 1.807) is 23.1 Å². The monoisotopic (exact) mass is 583 g/mol. The van der Waals surface area contributed by atoms with Crippen LogP contribution in [0.4, 0.5) is 5.69 Å². The lowest BCUT2D eigenvalue weighted by Crippen LogP contribution is -2.50. The Morgan fingerprint density at radius 1 is 0.974 bits per heavy atom. The molecule has 0 aromatic heterocycles. The second-order valence-electron chi connectivity index (χ2n) is 9.80. The second kappa shape index (κ2) is 14.2. The maximum Gasteiger partial charge on any atom is 0.243 e. The lowest BCUT2D eigenvalue weighted by molar-refractivity contribution is -0.141. The molecule has 0 radical (unpaired) electrons. The molecular weight excluding hydrogens is 545 g/mol. The van der Waals surface area contributed by atoms with E-state index in [0.29, 0.717) is 28.6 Å². The van der Waals surface area contributed by atoms with E-state index in [1.165, 1.54) is 4.31 Å². The van der Waals surface area contributed by atoms with Crippen molar-refractivity contribution < 1.29 is 18.0 Å². The van der Waals surface area contributed by atoms with Crippen LogP contribution in [-0.2, 0) is 26.2 Å². The van der Waals surface area contributed by atoms with E-state index in [1.807, 2.05) is 52.8 Å². The Kier molecular flexibility index (Phi) is 11.9. The lowest BCUT2D eigenvalue weighted by atomic mass is 10.1. The number of hydrogen-bond donors (Lipinski definition) is 1. The maximum absolute atomic E-state index is 13.6. The molecule has 7 nitrogen and oxygen atoms in total. The second-order valence-corrected chi connectivity index (χ2v) is 12.5. The molecule has 0 aliphatic carbocycles. The maximum atomic E-state index is 13.6. The summed E-state index contributed by atoms with van der Waals surface area (Å²) in [6.07, 6.45) is 2.72. The van der Waals surface area contributed by atoms with Gasteiger partial charge >= 0.3 is 0 Å². The predicted octanol–water partition coefficient (Wildman–Crippen LogP) is 5.88. The summed E-state index contributed by atoms with van der Waals surface area (Å²) in [7, 11) is -3.56. The highest BCUT2D eigenvalue weighted by atomic mass is 35.5. The van der Waals surface area contributed by atoms with Crippen molar-refractivity contribution in [1.82, 2.24) is 10.2 Å². The van der Waals surface area contributed by atoms with Gasteiger partial charge in [0.2, 0.25) is 21.8 Å². The topological polar surface area (TPSA) is 86.8 Å². The van der Waals surface area contributed by atoms with Crippen LogP contribution >= 0.6 is 23.2 Å². The highest BCUT2D eigenvalue weighted by molar-refractivity contribution is 7.92. The third-order valence-corrected chi connectivity index (χ3v) is 8.30. The number of carbonyl (C=O) groups excluding carboxylic acids is 2. The van der Waals surface area contributed by atoms with Gasteiger partial charge in [-0.1, -0.05) is 49.2 Å². The molecule has 0 spiro atoms. The molecule has 1 N–H and O–H groups in total. The summed E-state index contributed by atoms with van der Waals surface area (Å²) in [5, 5.41) is 3.75. The summed E-state index contributed by atoms with van der Waals surface area (Å²) < 4.78 is 26.5. The molecule has 0 saturated heterocycles. The Bertz CT molecular complexity index is 1220. The highest BCUT2D eigenvalue weighted by Gasteiger charge is 2.29. The standard InChI is InChI=1S/C28H39Cl2N3O4S/c1-7-21(5)31-28(35)26(8-2)32(18-22-11-12-24(29)25(30)17-22)27(34)10-9-13-33(38(6,36)37)23-15-19(3)14-20(4)16-23/h11-12,14-17,21,26H,7-10,13,18H2,1-6H3,(H,31,35)/t21-,26+/m1/s1. The molecule has 2 aromatic rings. The summed E-state index contributed by atoms with van der Waals surface area (Å²) in [6, 6.07) is 10.0. The smallest absolute Gasteiger partial charge is 0.243 e. The first kappa shape index (κ1) is 31.9. The predicted molar refractivity (Wildman–Crippen MR) is 156 cm³/mol. The molecule has 0 aliphatic rings. The van der Waals surface area contributed by atoms with E-state index < -0.39 is 16.1 Å². The van der Waals surface area contributed by atoms with Crippen LogP contribution < -0.4 is 9.62 Å². The van der Waals surface area contributed by atoms with E-state index in [4.69, 9.17) is 23.2 Å². The fourth-order valence-corrected chi connectivity index (χ4v) is 5.56. The van der Waals surface area contributed by atoms with Crippen LogP contribution in [0, 0.1) is 13.8 Å². The quantitative estimate of drug-likeness (QED) is 0.319. The Morgan fingerprint density at radius 3 is 2.13 bits per heavy atom. The van der Waals surface area contributed by atoms with Crippen LogP contribution in [0.2, 0.25) is 10.0 Å². The third-order valence-electron chi connectivity index (χ3n) is 6.37. The van der Waals surface area contributed by atoms with Crippen LogP contribution in [-0.4, -0.2) is 50.0 Å². The number of halogens is 2. The van der Waals surface area contributed by atoms with Crippen molar-refractivity contribution in [1.29, 1.82) is 0 Å². The zero-order valence-corrected chi connectivity index (χ0v) is 25.4. The van der Waals surface area contributed by atoms with Crippen molar-refractivity contribution in [3.8, 4) is 0 Å². The molecule has 2 rings (SSSR count). The van der Waals surface area contributed by atoms with Crippen molar-refractivity contribution in [3.63, 3.8) is 0 Å². The van der Waals surface area contributed by atoms with Gasteiger partial charge in [-0.05, 0) is 81.0 Å². The largest absolute Gasteiger partial charge is 0.352 e. The summed E-state index contributed by atoms with van der Waals surface area (Å²) in [5.41, 5.74) is 3.23. The Hall–Kier alpha value is -2.29. The highest BCUT2D eigenvalue weighted by Crippen LogP contribution is 2.25. The van der Waals surface area contributed by atoms with E-state index in [2.05, 4.69) is 5.32 Å². The fraction of sp³-hybridized carbons (Fsp3) is 0.500. The first-order valence-electron chi connectivity index (χ1n) is 12.9. The van der Waals surface area contributed by atoms with Gasteiger partial charge < -0.3 is 10.2 Å². The molecule has 0 unspecified atom stereocenters. The number of hydrogen-bond acceptors (Lipinski definition) is 4. The number of anilines is 1. The minimum atomic E-state index is -3.56. The zero-order valence-electron chi connectivity index (χ0n) is 23.1. The van der Waals surface area contributed by atoms with Crippen LogP contribution in [0.25, 0.3) is 0 Å². The van der Waals surface area contributed by atoms with Gasteiger partial charge in [0.1, 0.15) is 6.04 Å². The minimum Gasteiger partial charge on any atom is -0.352 e. The number of amides is 2. The number of carbonyl (C=O) groups is 2. The average Bonchev–Trinajstić information content (AvgIpc) is 2.82. The van der Waals surface area contributed by atoms with Gasteiger partial charge in [-0.25, -0.2) is 8.42 Å². The molecular formula is C28H39Cl2N3O4S. The molecule has 10 heteroatoms. The molecule has 0 saturated carbocycles. The van der Waals surface area contributed by atoms with E-state index >= 15 is 0 Å². The van der Waals surface area contributed by atoms with Crippen LogP contribution in [0.3, 0.4) is 0 Å². The van der Waals surface area contributed by atoms with Gasteiger partial charge in [0.05, 0.1) is 22.0 Å². The number of sulfonamides is 1. The van der Waals surface area contributed by atoms with Crippen molar-refractivity contribution in [3.05, 3.63) is 63.1 Å². The van der Waals surface area contributed by atoms with Crippen LogP contribution in [0.1, 0.15) is 63.1 Å². The van der Waals surface area contributed by atoms with E-state index in [9.17, 15) is 18.0 Å². The average molecular weight is 585 g/mol. The molecule has 0 fully saturated rings. The van der Waals surface area contributed by atoms with Gasteiger partial charge in [-0.3, -0.25) is 13.9 Å². The Labute approximate surface area is 237 Å². The molecule has 0 bridgehead atoms. The van der Waals surface area contributed by atoms with Crippen molar-refractivity contribution >= 4 is 50.7 Å². The van der Waals surface area contributed by atoms with Gasteiger partial charge in [-0.15, -0.1) is 0 Å². The van der Waals surface area contributed by atoms with Crippen LogP contribution in [0.15, 0.2) is 36.4 Å². The molecule has 2 aromatic carbocycles. The third kappa shape index (κ3) is 9.17. The van der Waals surface area contributed by atoms with Crippen molar-refractivity contribution in [2.24, 2.45) is 0 Å². The Morgan fingerprint density at radius 2 is 1.61 bits per heavy atom. The summed E-state index contributed by atoms with van der Waals surface area (Å²) in [6.45, 7) is 9.91. The molecule has 38 heavy (non-hydrogen) atoms. The molecule has 210 valence electrons. The number of nitrogens with one attached hydrogen (secondary N) is 1. The SMILES string of the molecule is CC[C@@H](C)NC(=O)[C@H](CC)N(Cc1ccc(Cl)c(Cl)c1)C(=O)CCCN(c1cc(C)cc(C)c1)S(C)(=O)=O.